The molecule has 0 spiro atoms. The Morgan fingerprint density at radius 2 is 1.82 bits per heavy atom. The molecule has 64 valence electrons. The summed E-state index contributed by atoms with van der Waals surface area (Å²) in [5.41, 5.74) is 0. The Bertz CT molecular complexity index is 124. The van der Waals surface area contributed by atoms with Gasteiger partial charge in [0, 0.05) is 12.1 Å². The van der Waals surface area contributed by atoms with Crippen LogP contribution in [0.4, 0.5) is 0 Å². The molecule has 2 fully saturated rings. The van der Waals surface area contributed by atoms with Crippen molar-refractivity contribution in [1.29, 1.82) is 0 Å². The SMILES string of the molecule is CNC1CC(N2CCCC2)C1. The summed E-state index contributed by atoms with van der Waals surface area (Å²) in [5, 5.41) is 3.33. The standard InChI is InChI=1S/C9H18N2/c1-10-8-6-9(7-8)11-4-2-3-5-11/h8-10H,2-7H2,1H3. The van der Waals surface area contributed by atoms with E-state index in [1.54, 1.807) is 0 Å². The van der Waals surface area contributed by atoms with Gasteiger partial charge in [0.25, 0.3) is 0 Å². The van der Waals surface area contributed by atoms with E-state index in [0.29, 0.717) is 0 Å². The largest absolute Gasteiger partial charge is 0.317 e. The van der Waals surface area contributed by atoms with E-state index in [-0.39, 0.29) is 0 Å². The van der Waals surface area contributed by atoms with Crippen LogP contribution < -0.4 is 5.32 Å². The molecule has 2 aliphatic rings. The van der Waals surface area contributed by atoms with Crippen molar-refractivity contribution in [1.82, 2.24) is 10.2 Å². The van der Waals surface area contributed by atoms with Gasteiger partial charge in [-0.2, -0.15) is 0 Å². The van der Waals surface area contributed by atoms with E-state index in [1.165, 1.54) is 38.8 Å². The highest BCUT2D eigenvalue weighted by Gasteiger charge is 2.33. The summed E-state index contributed by atoms with van der Waals surface area (Å²) in [5.74, 6) is 0. The molecular formula is C9H18N2. The Balaban J connectivity index is 1.73. The predicted molar refractivity (Wildman–Crippen MR) is 46.7 cm³/mol. The fourth-order valence-corrected chi connectivity index (χ4v) is 2.23. The van der Waals surface area contributed by atoms with E-state index >= 15 is 0 Å². The lowest BCUT2D eigenvalue weighted by Gasteiger charge is -2.41. The van der Waals surface area contributed by atoms with Crippen LogP contribution in [0.5, 0.6) is 0 Å². The molecule has 0 aromatic heterocycles. The Morgan fingerprint density at radius 1 is 1.18 bits per heavy atom. The zero-order chi connectivity index (χ0) is 7.68. The van der Waals surface area contributed by atoms with Crippen molar-refractivity contribution in [3.05, 3.63) is 0 Å². The first kappa shape index (κ1) is 7.56. The van der Waals surface area contributed by atoms with Crippen molar-refractivity contribution in [2.75, 3.05) is 20.1 Å². The molecule has 0 bridgehead atoms. The average Bonchev–Trinajstić information content (AvgIpc) is 2.37. The Labute approximate surface area is 69.0 Å². The summed E-state index contributed by atoms with van der Waals surface area (Å²) in [6.07, 6.45) is 5.63. The molecule has 0 unspecified atom stereocenters. The highest BCUT2D eigenvalue weighted by atomic mass is 15.2. The molecule has 2 heteroatoms. The molecule has 1 heterocycles. The minimum Gasteiger partial charge on any atom is -0.317 e. The Morgan fingerprint density at radius 3 is 2.36 bits per heavy atom. The van der Waals surface area contributed by atoms with Gasteiger partial charge >= 0.3 is 0 Å². The van der Waals surface area contributed by atoms with Crippen molar-refractivity contribution < 1.29 is 0 Å². The summed E-state index contributed by atoms with van der Waals surface area (Å²) >= 11 is 0. The van der Waals surface area contributed by atoms with Crippen molar-refractivity contribution in [2.24, 2.45) is 0 Å². The van der Waals surface area contributed by atoms with Gasteiger partial charge in [0.05, 0.1) is 0 Å². The molecule has 2 nitrogen and oxygen atoms in total. The molecule has 1 aliphatic carbocycles. The molecule has 1 aliphatic heterocycles. The fraction of sp³-hybridized carbons (Fsp3) is 1.00. The second-order valence-electron chi connectivity index (χ2n) is 3.85. The maximum Gasteiger partial charge on any atom is 0.0125 e. The zero-order valence-corrected chi connectivity index (χ0v) is 7.34. The lowest BCUT2D eigenvalue weighted by molar-refractivity contribution is 0.124. The van der Waals surface area contributed by atoms with Crippen molar-refractivity contribution in [3.8, 4) is 0 Å². The number of rotatable bonds is 2. The van der Waals surface area contributed by atoms with Gasteiger partial charge in [0.2, 0.25) is 0 Å². The number of hydrogen-bond donors (Lipinski definition) is 1. The van der Waals surface area contributed by atoms with Crippen LogP contribution in [-0.2, 0) is 0 Å². The molecule has 0 radical (unpaired) electrons. The van der Waals surface area contributed by atoms with Crippen LogP contribution >= 0.6 is 0 Å². The second kappa shape index (κ2) is 3.11. The first-order valence-corrected chi connectivity index (χ1v) is 4.81. The van der Waals surface area contributed by atoms with Gasteiger partial charge in [-0.05, 0) is 45.8 Å². The van der Waals surface area contributed by atoms with Crippen LogP contribution in [0.1, 0.15) is 25.7 Å². The first-order chi connectivity index (χ1) is 5.40. The number of hydrogen-bond acceptors (Lipinski definition) is 2. The minimum absolute atomic E-state index is 0.820. The Kier molecular flexibility index (Phi) is 2.14. The van der Waals surface area contributed by atoms with Crippen LogP contribution in [-0.4, -0.2) is 37.1 Å². The van der Waals surface area contributed by atoms with Crippen molar-refractivity contribution in [3.63, 3.8) is 0 Å². The Hall–Kier alpha value is -0.0800. The van der Waals surface area contributed by atoms with Gasteiger partial charge < -0.3 is 10.2 Å². The number of nitrogens with one attached hydrogen (secondary N) is 1. The smallest absolute Gasteiger partial charge is 0.0125 e. The maximum absolute atomic E-state index is 3.33. The molecule has 1 saturated heterocycles. The molecular weight excluding hydrogens is 136 g/mol. The van der Waals surface area contributed by atoms with Crippen LogP contribution in [0.2, 0.25) is 0 Å². The van der Waals surface area contributed by atoms with Gasteiger partial charge in [-0.1, -0.05) is 0 Å². The van der Waals surface area contributed by atoms with Crippen molar-refractivity contribution >= 4 is 0 Å². The van der Waals surface area contributed by atoms with Gasteiger partial charge in [0.1, 0.15) is 0 Å². The predicted octanol–water partition coefficient (Wildman–Crippen LogP) is 0.833. The molecule has 1 N–H and O–H groups in total. The van der Waals surface area contributed by atoms with E-state index in [9.17, 15) is 0 Å². The highest BCUT2D eigenvalue weighted by Crippen LogP contribution is 2.27. The average molecular weight is 154 g/mol. The van der Waals surface area contributed by atoms with E-state index in [2.05, 4.69) is 17.3 Å². The summed E-state index contributed by atoms with van der Waals surface area (Å²) in [6.45, 7) is 2.72. The summed E-state index contributed by atoms with van der Waals surface area (Å²) in [4.78, 5) is 2.66. The first-order valence-electron chi connectivity index (χ1n) is 4.81. The van der Waals surface area contributed by atoms with Crippen LogP contribution in [0, 0.1) is 0 Å². The van der Waals surface area contributed by atoms with E-state index < -0.39 is 0 Å². The van der Waals surface area contributed by atoms with Gasteiger partial charge in [0.15, 0.2) is 0 Å². The van der Waals surface area contributed by atoms with Gasteiger partial charge in [-0.25, -0.2) is 0 Å². The summed E-state index contributed by atoms with van der Waals surface area (Å²) in [7, 11) is 2.07. The molecule has 1 saturated carbocycles. The minimum atomic E-state index is 0.820. The molecule has 0 amide bonds. The third-order valence-electron chi connectivity index (χ3n) is 3.18. The van der Waals surface area contributed by atoms with Crippen LogP contribution in [0.25, 0.3) is 0 Å². The van der Waals surface area contributed by atoms with Crippen molar-refractivity contribution in [2.45, 2.75) is 37.8 Å². The fourth-order valence-electron chi connectivity index (χ4n) is 2.23. The molecule has 0 aromatic rings. The monoisotopic (exact) mass is 154 g/mol. The number of likely N-dealkylation sites (tertiary alicyclic amines) is 1. The van der Waals surface area contributed by atoms with Crippen LogP contribution in [0.15, 0.2) is 0 Å². The van der Waals surface area contributed by atoms with Gasteiger partial charge in [-0.3, -0.25) is 0 Å². The summed E-state index contributed by atoms with van der Waals surface area (Å²) < 4.78 is 0. The lowest BCUT2D eigenvalue weighted by atomic mass is 9.86. The maximum atomic E-state index is 3.33. The van der Waals surface area contributed by atoms with Gasteiger partial charge in [-0.15, -0.1) is 0 Å². The third-order valence-corrected chi connectivity index (χ3v) is 3.18. The number of nitrogens with zero attached hydrogens (tertiary/aromatic N) is 1. The normalized spacial score (nSPS) is 39.0. The third kappa shape index (κ3) is 1.42. The zero-order valence-electron chi connectivity index (χ0n) is 7.34. The second-order valence-corrected chi connectivity index (χ2v) is 3.85. The van der Waals surface area contributed by atoms with Crippen LogP contribution in [0.3, 0.4) is 0 Å². The quantitative estimate of drug-likeness (QED) is 0.634. The molecule has 0 atom stereocenters. The van der Waals surface area contributed by atoms with E-state index in [0.717, 1.165) is 12.1 Å². The summed E-state index contributed by atoms with van der Waals surface area (Å²) in [6, 6.07) is 1.75. The molecule has 11 heavy (non-hydrogen) atoms. The molecule has 0 aromatic carbocycles. The molecule has 2 rings (SSSR count). The van der Waals surface area contributed by atoms with E-state index in [4.69, 9.17) is 0 Å². The lowest BCUT2D eigenvalue weighted by Crippen LogP contribution is -2.50. The topological polar surface area (TPSA) is 15.3 Å². The van der Waals surface area contributed by atoms with E-state index in [1.807, 2.05) is 0 Å². The highest BCUT2D eigenvalue weighted by molar-refractivity contribution is 4.92.